The number of urea groups is 1. The van der Waals surface area contributed by atoms with Crippen LogP contribution >= 0.6 is 0 Å². The molecule has 2 unspecified atom stereocenters. The van der Waals surface area contributed by atoms with Gasteiger partial charge in [0.25, 0.3) is 0 Å². The predicted octanol–water partition coefficient (Wildman–Crippen LogP) is -0.509. The number of rotatable bonds is 3. The van der Waals surface area contributed by atoms with E-state index >= 15 is 0 Å². The van der Waals surface area contributed by atoms with Gasteiger partial charge in [-0.2, -0.15) is 0 Å². The van der Waals surface area contributed by atoms with Gasteiger partial charge in [0, 0.05) is 38.8 Å². The molecule has 2 fully saturated rings. The standard InChI is InChI=1S/C13H24N4O3/c1-10(12(18)19)16-5-7-17(8-6-16)13(20)14-11-3-4-15(2)9-11/h10-11H,3-9H2,1-2H3,(H,14,20)(H,18,19). The number of carboxylic acids is 1. The van der Waals surface area contributed by atoms with Crippen molar-refractivity contribution in [2.45, 2.75) is 25.4 Å². The van der Waals surface area contributed by atoms with Crippen molar-refractivity contribution in [3.8, 4) is 0 Å². The summed E-state index contributed by atoms with van der Waals surface area (Å²) >= 11 is 0. The smallest absolute Gasteiger partial charge is 0.320 e. The molecule has 0 bridgehead atoms. The zero-order valence-electron chi connectivity index (χ0n) is 12.2. The Hall–Kier alpha value is -1.34. The molecule has 0 radical (unpaired) electrons. The molecular weight excluding hydrogens is 260 g/mol. The van der Waals surface area contributed by atoms with Crippen LogP contribution in [0, 0.1) is 0 Å². The number of carbonyl (C=O) groups excluding carboxylic acids is 1. The molecule has 0 spiro atoms. The monoisotopic (exact) mass is 284 g/mol. The molecule has 2 rings (SSSR count). The molecule has 2 heterocycles. The number of aliphatic carboxylic acids is 1. The Labute approximate surface area is 119 Å². The van der Waals surface area contributed by atoms with Gasteiger partial charge in [0.15, 0.2) is 0 Å². The minimum atomic E-state index is -0.808. The van der Waals surface area contributed by atoms with Crippen molar-refractivity contribution in [1.29, 1.82) is 0 Å². The number of carboxylic acid groups (broad SMARTS) is 1. The Bertz CT molecular complexity index is 369. The van der Waals surface area contributed by atoms with E-state index < -0.39 is 12.0 Å². The molecule has 7 heteroatoms. The maximum absolute atomic E-state index is 12.1. The second-order valence-corrected chi connectivity index (χ2v) is 5.73. The third-order valence-corrected chi connectivity index (χ3v) is 4.23. The molecule has 0 aromatic rings. The first kappa shape index (κ1) is 15.1. The van der Waals surface area contributed by atoms with E-state index in [4.69, 9.17) is 5.11 Å². The molecule has 0 aromatic heterocycles. The maximum atomic E-state index is 12.1. The Morgan fingerprint density at radius 2 is 1.85 bits per heavy atom. The number of nitrogens with zero attached hydrogens (tertiary/aromatic N) is 3. The van der Waals surface area contributed by atoms with Crippen LogP contribution in [0.5, 0.6) is 0 Å². The third kappa shape index (κ3) is 3.61. The predicted molar refractivity (Wildman–Crippen MR) is 74.7 cm³/mol. The van der Waals surface area contributed by atoms with Gasteiger partial charge in [0.2, 0.25) is 0 Å². The fourth-order valence-corrected chi connectivity index (χ4v) is 2.79. The second kappa shape index (κ2) is 6.41. The minimum Gasteiger partial charge on any atom is -0.480 e. The van der Waals surface area contributed by atoms with Crippen molar-refractivity contribution in [2.75, 3.05) is 46.3 Å². The average molecular weight is 284 g/mol. The molecule has 20 heavy (non-hydrogen) atoms. The van der Waals surface area contributed by atoms with Crippen LogP contribution in [0.15, 0.2) is 0 Å². The molecule has 7 nitrogen and oxygen atoms in total. The highest BCUT2D eigenvalue weighted by Gasteiger charge is 2.29. The summed E-state index contributed by atoms with van der Waals surface area (Å²) in [5.74, 6) is -0.808. The largest absolute Gasteiger partial charge is 0.480 e. The van der Waals surface area contributed by atoms with Crippen molar-refractivity contribution in [1.82, 2.24) is 20.0 Å². The van der Waals surface area contributed by atoms with E-state index in [1.165, 1.54) is 0 Å². The fourth-order valence-electron chi connectivity index (χ4n) is 2.79. The van der Waals surface area contributed by atoms with Gasteiger partial charge in [-0.25, -0.2) is 4.79 Å². The van der Waals surface area contributed by atoms with Crippen LogP contribution in [0.4, 0.5) is 4.79 Å². The molecule has 0 aromatic carbocycles. The first-order valence-corrected chi connectivity index (χ1v) is 7.18. The van der Waals surface area contributed by atoms with E-state index in [2.05, 4.69) is 17.3 Å². The second-order valence-electron chi connectivity index (χ2n) is 5.73. The lowest BCUT2D eigenvalue weighted by Gasteiger charge is -2.36. The van der Waals surface area contributed by atoms with E-state index in [1.54, 1.807) is 11.8 Å². The Balaban J connectivity index is 1.75. The molecule has 0 aliphatic carbocycles. The number of carbonyl (C=O) groups is 2. The Kier molecular flexibility index (Phi) is 4.82. The highest BCUT2D eigenvalue weighted by atomic mass is 16.4. The molecule has 2 aliphatic rings. The van der Waals surface area contributed by atoms with Gasteiger partial charge in [0.05, 0.1) is 0 Å². The molecular formula is C13H24N4O3. The Morgan fingerprint density at radius 1 is 1.20 bits per heavy atom. The summed E-state index contributed by atoms with van der Waals surface area (Å²) in [5, 5.41) is 12.0. The molecule has 0 saturated carbocycles. The van der Waals surface area contributed by atoms with Gasteiger partial charge in [-0.1, -0.05) is 0 Å². The van der Waals surface area contributed by atoms with Crippen molar-refractivity contribution >= 4 is 12.0 Å². The van der Waals surface area contributed by atoms with Crippen LogP contribution in [-0.4, -0.2) is 90.2 Å². The lowest BCUT2D eigenvalue weighted by molar-refractivity contribution is -0.143. The minimum absolute atomic E-state index is 0.0204. The summed E-state index contributed by atoms with van der Waals surface area (Å²) in [6, 6.07) is -0.264. The van der Waals surface area contributed by atoms with Crippen LogP contribution in [-0.2, 0) is 4.79 Å². The van der Waals surface area contributed by atoms with E-state index in [0.717, 1.165) is 19.5 Å². The van der Waals surface area contributed by atoms with E-state index in [1.807, 2.05) is 4.90 Å². The van der Waals surface area contributed by atoms with Gasteiger partial charge >= 0.3 is 12.0 Å². The van der Waals surface area contributed by atoms with Crippen LogP contribution in [0.2, 0.25) is 0 Å². The third-order valence-electron chi connectivity index (χ3n) is 4.23. The molecule has 114 valence electrons. The van der Waals surface area contributed by atoms with Gasteiger partial charge in [-0.15, -0.1) is 0 Å². The summed E-state index contributed by atoms with van der Waals surface area (Å²) < 4.78 is 0. The molecule has 2 saturated heterocycles. The first-order chi connectivity index (χ1) is 9.47. The number of piperazine rings is 1. The summed E-state index contributed by atoms with van der Waals surface area (Å²) in [7, 11) is 2.05. The van der Waals surface area contributed by atoms with Crippen LogP contribution < -0.4 is 5.32 Å². The topological polar surface area (TPSA) is 76.1 Å². The lowest BCUT2D eigenvalue weighted by Crippen LogP contribution is -2.56. The first-order valence-electron chi connectivity index (χ1n) is 7.18. The number of likely N-dealkylation sites (N-methyl/N-ethyl adjacent to an activating group) is 1. The number of hydrogen-bond acceptors (Lipinski definition) is 4. The summed E-state index contributed by atoms with van der Waals surface area (Å²) in [4.78, 5) is 29.0. The summed E-state index contributed by atoms with van der Waals surface area (Å²) in [5.41, 5.74) is 0. The van der Waals surface area contributed by atoms with E-state index in [-0.39, 0.29) is 12.1 Å². The van der Waals surface area contributed by atoms with Gasteiger partial charge in [0.1, 0.15) is 6.04 Å². The molecule has 2 amide bonds. The van der Waals surface area contributed by atoms with Crippen LogP contribution in [0.3, 0.4) is 0 Å². The quantitative estimate of drug-likeness (QED) is 0.730. The molecule has 2 N–H and O–H groups in total. The highest BCUT2D eigenvalue weighted by Crippen LogP contribution is 2.09. The van der Waals surface area contributed by atoms with Crippen LogP contribution in [0.1, 0.15) is 13.3 Å². The molecule has 2 aliphatic heterocycles. The van der Waals surface area contributed by atoms with Gasteiger partial charge < -0.3 is 20.2 Å². The lowest BCUT2D eigenvalue weighted by atomic mass is 10.2. The summed E-state index contributed by atoms with van der Waals surface area (Å²) in [6.07, 6.45) is 0.998. The van der Waals surface area contributed by atoms with E-state index in [9.17, 15) is 9.59 Å². The number of hydrogen-bond donors (Lipinski definition) is 2. The Morgan fingerprint density at radius 3 is 2.35 bits per heavy atom. The van der Waals surface area contributed by atoms with Crippen molar-refractivity contribution in [2.24, 2.45) is 0 Å². The van der Waals surface area contributed by atoms with Crippen molar-refractivity contribution < 1.29 is 14.7 Å². The zero-order valence-corrected chi connectivity index (χ0v) is 12.2. The van der Waals surface area contributed by atoms with Crippen molar-refractivity contribution in [3.63, 3.8) is 0 Å². The van der Waals surface area contributed by atoms with E-state index in [0.29, 0.717) is 26.2 Å². The maximum Gasteiger partial charge on any atom is 0.320 e. The van der Waals surface area contributed by atoms with Crippen molar-refractivity contribution in [3.05, 3.63) is 0 Å². The SMILES string of the molecule is CC(C(=O)O)N1CCN(C(=O)NC2CCN(C)C2)CC1. The van der Waals surface area contributed by atoms with Crippen LogP contribution in [0.25, 0.3) is 0 Å². The number of amides is 2. The fraction of sp³-hybridized carbons (Fsp3) is 0.846. The number of likely N-dealkylation sites (tertiary alicyclic amines) is 1. The average Bonchev–Trinajstić information content (AvgIpc) is 2.83. The number of nitrogens with one attached hydrogen (secondary N) is 1. The summed E-state index contributed by atoms with van der Waals surface area (Å²) in [6.45, 7) is 6.03. The van der Waals surface area contributed by atoms with Gasteiger partial charge in [-0.05, 0) is 26.9 Å². The molecule has 2 atom stereocenters. The highest BCUT2D eigenvalue weighted by molar-refractivity contribution is 5.75. The van der Waals surface area contributed by atoms with Gasteiger partial charge in [-0.3, -0.25) is 9.69 Å². The normalized spacial score (nSPS) is 26.5. The zero-order chi connectivity index (χ0) is 14.7.